The molecule has 19 heavy (non-hydrogen) atoms. The van der Waals surface area contributed by atoms with Crippen LogP contribution in [0.5, 0.6) is 0 Å². The van der Waals surface area contributed by atoms with Crippen LogP contribution in [-0.2, 0) is 4.74 Å². The van der Waals surface area contributed by atoms with Crippen LogP contribution in [0.4, 0.5) is 4.39 Å². The van der Waals surface area contributed by atoms with Crippen LogP contribution in [0.15, 0.2) is 24.3 Å². The van der Waals surface area contributed by atoms with E-state index in [9.17, 15) is 4.39 Å². The Bertz CT molecular complexity index is 396. The first-order valence-corrected chi connectivity index (χ1v) is 7.43. The molecule has 2 fully saturated rings. The van der Waals surface area contributed by atoms with Crippen molar-refractivity contribution in [3.63, 3.8) is 0 Å². The van der Waals surface area contributed by atoms with Crippen LogP contribution >= 0.6 is 0 Å². The second kappa shape index (κ2) is 6.02. The van der Waals surface area contributed by atoms with Gasteiger partial charge < -0.3 is 10.1 Å². The maximum absolute atomic E-state index is 13.0. The third-order valence-corrected chi connectivity index (χ3v) is 4.18. The van der Waals surface area contributed by atoms with E-state index in [1.165, 1.54) is 31.2 Å². The van der Waals surface area contributed by atoms with Crippen molar-refractivity contribution < 1.29 is 9.13 Å². The Balaban J connectivity index is 1.53. The first kappa shape index (κ1) is 13.1. The maximum atomic E-state index is 13.0. The van der Waals surface area contributed by atoms with Crippen LogP contribution in [0.3, 0.4) is 0 Å². The summed E-state index contributed by atoms with van der Waals surface area (Å²) in [6.07, 6.45) is 6.51. The molecule has 1 aromatic rings. The van der Waals surface area contributed by atoms with Crippen molar-refractivity contribution in [1.82, 2.24) is 5.32 Å². The highest BCUT2D eigenvalue weighted by Gasteiger charge is 2.32. The molecule has 1 aromatic carbocycles. The third-order valence-electron chi connectivity index (χ3n) is 4.18. The van der Waals surface area contributed by atoms with E-state index in [1.807, 2.05) is 12.1 Å². The van der Waals surface area contributed by atoms with Gasteiger partial charge in [0.1, 0.15) is 5.82 Å². The van der Waals surface area contributed by atoms with Crippen LogP contribution < -0.4 is 5.32 Å². The summed E-state index contributed by atoms with van der Waals surface area (Å²) < 4.78 is 18.6. The molecule has 0 radical (unpaired) electrons. The molecule has 2 atom stereocenters. The van der Waals surface area contributed by atoms with Gasteiger partial charge in [0.15, 0.2) is 0 Å². The molecule has 3 rings (SSSR count). The molecule has 1 aliphatic carbocycles. The number of hydrogen-bond donors (Lipinski definition) is 1. The molecule has 2 nitrogen and oxygen atoms in total. The fourth-order valence-corrected chi connectivity index (χ4v) is 2.93. The summed E-state index contributed by atoms with van der Waals surface area (Å²) in [6, 6.07) is 7.34. The van der Waals surface area contributed by atoms with Crippen LogP contribution in [0.25, 0.3) is 0 Å². The van der Waals surface area contributed by atoms with E-state index in [0.717, 1.165) is 25.5 Å². The van der Waals surface area contributed by atoms with E-state index in [4.69, 9.17) is 4.74 Å². The Kier molecular flexibility index (Phi) is 4.14. The summed E-state index contributed by atoms with van der Waals surface area (Å²) in [6.45, 7) is 1.91. The summed E-state index contributed by atoms with van der Waals surface area (Å²) in [5, 5.41) is 3.64. The van der Waals surface area contributed by atoms with Gasteiger partial charge in [0.2, 0.25) is 0 Å². The molecule has 0 spiro atoms. The van der Waals surface area contributed by atoms with Gasteiger partial charge in [0.25, 0.3) is 0 Å². The molecule has 3 heteroatoms. The summed E-state index contributed by atoms with van der Waals surface area (Å²) in [5.74, 6) is 0.576. The summed E-state index contributed by atoms with van der Waals surface area (Å²) in [5.41, 5.74) is 1.22. The van der Waals surface area contributed by atoms with Crippen LogP contribution in [0, 0.1) is 11.7 Å². The number of ether oxygens (including phenoxy) is 1. The van der Waals surface area contributed by atoms with Crippen LogP contribution in [0.2, 0.25) is 0 Å². The molecule has 0 amide bonds. The minimum absolute atomic E-state index is 0.155. The van der Waals surface area contributed by atoms with Crippen molar-refractivity contribution in [1.29, 1.82) is 0 Å². The van der Waals surface area contributed by atoms with Gasteiger partial charge >= 0.3 is 0 Å². The second-order valence-electron chi connectivity index (χ2n) is 5.74. The van der Waals surface area contributed by atoms with Gasteiger partial charge in [0, 0.05) is 12.6 Å². The molecule has 2 aliphatic rings. The highest BCUT2D eigenvalue weighted by molar-refractivity contribution is 5.22. The Morgan fingerprint density at radius 3 is 2.63 bits per heavy atom. The minimum Gasteiger partial charge on any atom is -0.378 e. The SMILES string of the molecule is Fc1ccc(C(NCCC2CCCO2)C2CC2)cc1. The highest BCUT2D eigenvalue weighted by Crippen LogP contribution is 2.41. The Morgan fingerprint density at radius 2 is 2.00 bits per heavy atom. The van der Waals surface area contributed by atoms with E-state index in [2.05, 4.69) is 5.32 Å². The van der Waals surface area contributed by atoms with Crippen molar-refractivity contribution in [3.8, 4) is 0 Å². The normalized spacial score (nSPS) is 24.6. The molecular weight excluding hydrogens is 241 g/mol. The summed E-state index contributed by atoms with van der Waals surface area (Å²) in [7, 11) is 0. The standard InChI is InChI=1S/C16H22FNO/c17-14-7-5-13(6-8-14)16(12-3-4-12)18-10-9-15-2-1-11-19-15/h5-8,12,15-16,18H,1-4,9-11H2. The highest BCUT2D eigenvalue weighted by atomic mass is 19.1. The van der Waals surface area contributed by atoms with Crippen LogP contribution in [0.1, 0.15) is 43.7 Å². The van der Waals surface area contributed by atoms with Gasteiger partial charge in [-0.2, -0.15) is 0 Å². The quantitative estimate of drug-likeness (QED) is 0.849. The second-order valence-corrected chi connectivity index (χ2v) is 5.74. The van der Waals surface area contributed by atoms with E-state index in [-0.39, 0.29) is 5.82 Å². The minimum atomic E-state index is -0.155. The van der Waals surface area contributed by atoms with Crippen molar-refractivity contribution in [2.75, 3.05) is 13.2 Å². The maximum Gasteiger partial charge on any atom is 0.123 e. The lowest BCUT2D eigenvalue weighted by Crippen LogP contribution is -2.26. The van der Waals surface area contributed by atoms with E-state index >= 15 is 0 Å². The third kappa shape index (κ3) is 3.54. The van der Waals surface area contributed by atoms with Crippen molar-refractivity contribution in [2.24, 2.45) is 5.92 Å². The molecule has 0 aromatic heterocycles. The van der Waals surface area contributed by atoms with E-state index in [1.54, 1.807) is 12.1 Å². The largest absolute Gasteiger partial charge is 0.378 e. The molecular formula is C16H22FNO. The summed E-state index contributed by atoms with van der Waals surface area (Å²) >= 11 is 0. The first-order valence-electron chi connectivity index (χ1n) is 7.43. The molecule has 1 aliphatic heterocycles. The number of benzene rings is 1. The zero-order valence-electron chi connectivity index (χ0n) is 11.3. The Hall–Kier alpha value is -0.930. The van der Waals surface area contributed by atoms with Gasteiger partial charge in [-0.25, -0.2) is 4.39 Å². The monoisotopic (exact) mass is 263 g/mol. The number of nitrogens with one attached hydrogen (secondary N) is 1. The molecule has 1 heterocycles. The Labute approximate surface area is 114 Å². The lowest BCUT2D eigenvalue weighted by molar-refractivity contribution is 0.103. The molecule has 104 valence electrons. The van der Waals surface area contributed by atoms with Gasteiger partial charge in [-0.15, -0.1) is 0 Å². The number of hydrogen-bond acceptors (Lipinski definition) is 2. The lowest BCUT2D eigenvalue weighted by Gasteiger charge is -2.20. The van der Waals surface area contributed by atoms with Gasteiger partial charge in [0.05, 0.1) is 6.10 Å². The number of rotatable bonds is 6. The van der Waals surface area contributed by atoms with E-state index < -0.39 is 0 Å². The molecule has 1 saturated carbocycles. The molecule has 1 saturated heterocycles. The fraction of sp³-hybridized carbons (Fsp3) is 0.625. The number of halogens is 1. The molecule has 2 unspecified atom stereocenters. The summed E-state index contributed by atoms with van der Waals surface area (Å²) in [4.78, 5) is 0. The van der Waals surface area contributed by atoms with Gasteiger partial charge in [-0.3, -0.25) is 0 Å². The fourth-order valence-electron chi connectivity index (χ4n) is 2.93. The van der Waals surface area contributed by atoms with Crippen molar-refractivity contribution in [2.45, 2.75) is 44.2 Å². The van der Waals surface area contributed by atoms with Gasteiger partial charge in [-0.05, 0) is 62.3 Å². The lowest BCUT2D eigenvalue weighted by atomic mass is 10.0. The average molecular weight is 263 g/mol. The van der Waals surface area contributed by atoms with E-state index in [0.29, 0.717) is 12.1 Å². The van der Waals surface area contributed by atoms with Gasteiger partial charge in [-0.1, -0.05) is 12.1 Å². The zero-order valence-corrected chi connectivity index (χ0v) is 11.3. The zero-order chi connectivity index (χ0) is 13.1. The first-order chi connectivity index (χ1) is 9.33. The predicted octanol–water partition coefficient (Wildman–Crippen LogP) is 3.44. The predicted molar refractivity (Wildman–Crippen MR) is 73.5 cm³/mol. The topological polar surface area (TPSA) is 21.3 Å². The average Bonchev–Trinajstić information content (AvgIpc) is 3.13. The smallest absolute Gasteiger partial charge is 0.123 e. The molecule has 0 bridgehead atoms. The Morgan fingerprint density at radius 1 is 1.21 bits per heavy atom. The van der Waals surface area contributed by atoms with Crippen LogP contribution in [-0.4, -0.2) is 19.3 Å². The molecule has 1 N–H and O–H groups in total. The van der Waals surface area contributed by atoms with Crippen molar-refractivity contribution in [3.05, 3.63) is 35.6 Å². The van der Waals surface area contributed by atoms with Crippen molar-refractivity contribution >= 4 is 0 Å².